The number of carbonyl (C=O) groups is 5. The average molecular weight is 1060 g/mol. The number of carbonyl (C=O) groups excluding carboxylic acids is 5. The number of amides is 5. The molecule has 19 nitrogen and oxygen atoms in total. The molecule has 1 aliphatic heterocycles. The standard InChI is InChI=1S/C48H62N12O7.4ClH/c1-28-36(27-53-42(54-28)31-9-12-33(13-10-31)48(3,4)5)44(62)56-37(16-17-49)47(65)60(7)41-32-11-15-40(67-23-20-52)35(26-32)34-24-30(8-14-39(34)66-22-19-51)25-38(45(63)58-59(6)21-18-50)57-43(61)29(2)55-46(41)64;;;;/h8-15,24,26-27,29,37-38,41H,16-17,19-23,25,49,51-52H2,1-7H3,(H,55,64)(H,56,62)(H,57,61)(H,58,63);4*1H/t29-,37-,38-,41-;;;;/m0..../s1. The van der Waals surface area contributed by atoms with E-state index in [1.807, 2.05) is 30.3 Å². The molecule has 10 N–H and O–H groups in total. The Morgan fingerprint density at radius 3 is 2.04 bits per heavy atom. The number of ether oxygens (including phenoxy) is 2. The minimum absolute atomic E-state index is 0. The van der Waals surface area contributed by atoms with Crippen LogP contribution in [0.4, 0.5) is 0 Å². The van der Waals surface area contributed by atoms with Crippen molar-refractivity contribution in [2.24, 2.45) is 17.2 Å². The third kappa shape index (κ3) is 16.4. The summed E-state index contributed by atoms with van der Waals surface area (Å²) in [5.74, 6) is -2.17. The number of likely N-dealkylation sites (N-methyl/N-ethyl adjacent to an activating group) is 1. The number of aromatic nitrogens is 2. The van der Waals surface area contributed by atoms with E-state index in [9.17, 15) is 29.2 Å². The summed E-state index contributed by atoms with van der Waals surface area (Å²) in [6.07, 6.45) is 1.40. The van der Waals surface area contributed by atoms with Gasteiger partial charge in [-0.3, -0.25) is 29.4 Å². The van der Waals surface area contributed by atoms with Gasteiger partial charge in [0.1, 0.15) is 55.4 Å². The maximum atomic E-state index is 14.7. The molecule has 0 radical (unpaired) electrons. The number of nitrogens with two attached hydrogens (primary N) is 3. The van der Waals surface area contributed by atoms with Crippen LogP contribution in [0.25, 0.3) is 22.5 Å². The van der Waals surface area contributed by atoms with Gasteiger partial charge < -0.3 is 47.5 Å². The molecule has 4 atom stereocenters. The monoisotopic (exact) mass is 1060 g/mol. The SMILES string of the molecule is Cc1nc(-c2ccc(C(C)(C)C)cc2)ncc1C(=O)N[C@@H](CCN)C(=O)N(C)[C@@H]1C(=O)N[C@@H](C)C(=O)N[C@H](C(=O)NN(C)CC#N)Cc2ccc(OCCN)c(c2)-c2cc1ccc2OCCN.Cl.Cl.Cl.Cl. The summed E-state index contributed by atoms with van der Waals surface area (Å²) >= 11 is 0. The molecule has 23 heteroatoms. The number of rotatable bonds is 16. The van der Waals surface area contributed by atoms with Gasteiger partial charge in [0.2, 0.25) is 17.7 Å². The molecule has 5 rings (SSSR count). The predicted octanol–water partition coefficient (Wildman–Crippen LogP) is 3.46. The topological polar surface area (TPSA) is 286 Å². The number of nitrogens with one attached hydrogen (secondary N) is 4. The van der Waals surface area contributed by atoms with Crippen LogP contribution < -0.4 is 48.1 Å². The Morgan fingerprint density at radius 2 is 1.48 bits per heavy atom. The van der Waals surface area contributed by atoms with Crippen molar-refractivity contribution in [3.8, 4) is 40.1 Å². The number of nitrogens with zero attached hydrogens (tertiary/aromatic N) is 5. The summed E-state index contributed by atoms with van der Waals surface area (Å²) in [6, 6.07) is 15.0. The molecule has 71 heavy (non-hydrogen) atoms. The molecule has 5 amide bonds. The maximum absolute atomic E-state index is 14.7. The number of fused-ring (bicyclic) bond motifs is 5. The van der Waals surface area contributed by atoms with Gasteiger partial charge in [0.25, 0.3) is 11.8 Å². The highest BCUT2D eigenvalue weighted by Gasteiger charge is 2.36. The van der Waals surface area contributed by atoms with Crippen LogP contribution in [0.2, 0.25) is 0 Å². The molecule has 0 spiro atoms. The van der Waals surface area contributed by atoms with Crippen molar-refractivity contribution in [3.05, 3.63) is 94.8 Å². The fourth-order valence-electron chi connectivity index (χ4n) is 7.48. The second-order valence-electron chi connectivity index (χ2n) is 17.3. The smallest absolute Gasteiger partial charge is 0.257 e. The van der Waals surface area contributed by atoms with Crippen molar-refractivity contribution >= 4 is 79.2 Å². The Hall–Kier alpha value is -5.82. The number of hydrogen-bond donors (Lipinski definition) is 7. The first-order valence-corrected chi connectivity index (χ1v) is 22.0. The van der Waals surface area contributed by atoms with E-state index in [1.165, 1.54) is 37.1 Å². The lowest BCUT2D eigenvalue weighted by Crippen LogP contribution is -2.57. The third-order valence-electron chi connectivity index (χ3n) is 11.1. The number of hydrazine groups is 1. The summed E-state index contributed by atoms with van der Waals surface area (Å²) in [5, 5.41) is 18.7. The highest BCUT2D eigenvalue weighted by molar-refractivity contribution is 6.00. The fraction of sp³-hybridized carbons (Fsp3) is 0.417. The summed E-state index contributed by atoms with van der Waals surface area (Å²) < 4.78 is 12.2. The van der Waals surface area contributed by atoms with Gasteiger partial charge in [0, 0.05) is 56.5 Å². The molecule has 4 aromatic rings. The summed E-state index contributed by atoms with van der Waals surface area (Å²) in [6.45, 7) is 10.0. The van der Waals surface area contributed by atoms with Crippen LogP contribution >= 0.6 is 49.6 Å². The molecule has 0 saturated heterocycles. The molecular weight excluding hydrogens is 998 g/mol. The molecule has 2 heterocycles. The summed E-state index contributed by atoms with van der Waals surface area (Å²) in [5.41, 5.74) is 24.6. The molecule has 4 bridgehead atoms. The summed E-state index contributed by atoms with van der Waals surface area (Å²) in [7, 11) is 2.92. The Bertz CT molecular complexity index is 2490. The first-order valence-electron chi connectivity index (χ1n) is 22.0. The van der Waals surface area contributed by atoms with Crippen molar-refractivity contribution < 1.29 is 33.4 Å². The van der Waals surface area contributed by atoms with E-state index in [-0.39, 0.29) is 113 Å². The Kier molecular flexibility index (Phi) is 25.7. The van der Waals surface area contributed by atoms with Crippen LogP contribution in [0.1, 0.15) is 72.9 Å². The van der Waals surface area contributed by atoms with Gasteiger partial charge in [-0.05, 0) is 73.2 Å². The average Bonchev–Trinajstić information content (AvgIpc) is 3.29. The third-order valence-corrected chi connectivity index (χ3v) is 11.1. The van der Waals surface area contributed by atoms with E-state index >= 15 is 0 Å². The van der Waals surface area contributed by atoms with E-state index in [1.54, 1.807) is 43.3 Å². The van der Waals surface area contributed by atoms with Crippen LogP contribution in [0.15, 0.2) is 66.9 Å². The first kappa shape index (κ1) is 63.2. The van der Waals surface area contributed by atoms with Gasteiger partial charge in [-0.25, -0.2) is 15.0 Å². The van der Waals surface area contributed by atoms with Gasteiger partial charge >= 0.3 is 0 Å². The number of hydrogen-bond acceptors (Lipinski definition) is 14. The quantitative estimate of drug-likeness (QED) is 0.0626. The molecule has 388 valence electrons. The Labute approximate surface area is 439 Å². The van der Waals surface area contributed by atoms with Crippen molar-refractivity contribution in [1.82, 2.24) is 41.3 Å². The normalized spacial score (nSPS) is 15.7. The first-order chi connectivity index (χ1) is 31.9. The molecule has 0 aliphatic carbocycles. The van der Waals surface area contributed by atoms with E-state index < -0.39 is 53.7 Å². The summed E-state index contributed by atoms with van der Waals surface area (Å²) in [4.78, 5) is 81.0. The van der Waals surface area contributed by atoms with E-state index in [4.69, 9.17) is 26.7 Å². The minimum atomic E-state index is -1.41. The van der Waals surface area contributed by atoms with Gasteiger partial charge in [-0.2, -0.15) is 5.26 Å². The van der Waals surface area contributed by atoms with E-state index in [0.29, 0.717) is 45.3 Å². The van der Waals surface area contributed by atoms with Gasteiger partial charge in [0.05, 0.1) is 17.3 Å². The van der Waals surface area contributed by atoms with Crippen molar-refractivity contribution in [3.63, 3.8) is 0 Å². The molecule has 3 aromatic carbocycles. The lowest BCUT2D eigenvalue weighted by molar-refractivity contribution is -0.141. The fourth-order valence-corrected chi connectivity index (χ4v) is 7.48. The molecule has 0 unspecified atom stereocenters. The molecular formula is C48H66Cl4N12O7. The highest BCUT2D eigenvalue weighted by Crippen LogP contribution is 2.40. The number of halogens is 4. The van der Waals surface area contributed by atoms with Gasteiger partial charge in [-0.1, -0.05) is 57.2 Å². The van der Waals surface area contributed by atoms with Crippen molar-refractivity contribution in [2.45, 2.75) is 77.0 Å². The molecule has 1 aromatic heterocycles. The lowest BCUT2D eigenvalue weighted by atomic mass is 9.87. The Balaban J connectivity index is 0.00000630. The van der Waals surface area contributed by atoms with Crippen LogP contribution in [0, 0.1) is 18.3 Å². The van der Waals surface area contributed by atoms with Crippen molar-refractivity contribution in [2.75, 3.05) is 53.5 Å². The van der Waals surface area contributed by atoms with Crippen molar-refractivity contribution in [1.29, 1.82) is 5.26 Å². The molecule has 0 saturated carbocycles. The molecule has 1 aliphatic rings. The predicted molar refractivity (Wildman–Crippen MR) is 281 cm³/mol. The van der Waals surface area contributed by atoms with Crippen LogP contribution in [0.5, 0.6) is 11.5 Å². The zero-order chi connectivity index (χ0) is 49.0. The van der Waals surface area contributed by atoms with Gasteiger partial charge in [-0.15, -0.1) is 49.6 Å². The van der Waals surface area contributed by atoms with Crippen LogP contribution in [-0.2, 0) is 31.0 Å². The van der Waals surface area contributed by atoms with Gasteiger partial charge in [0.15, 0.2) is 5.82 Å². The molecule has 0 fully saturated rings. The number of aryl methyl sites for hydroxylation is 1. The van der Waals surface area contributed by atoms with E-state index in [0.717, 1.165) is 11.1 Å². The van der Waals surface area contributed by atoms with Crippen LogP contribution in [0.3, 0.4) is 0 Å². The van der Waals surface area contributed by atoms with Crippen LogP contribution in [-0.4, -0.2) is 121 Å². The number of nitriles is 1. The lowest BCUT2D eigenvalue weighted by Gasteiger charge is -2.32. The maximum Gasteiger partial charge on any atom is 0.257 e. The second kappa shape index (κ2) is 28.9. The minimum Gasteiger partial charge on any atom is -0.492 e. The largest absolute Gasteiger partial charge is 0.492 e. The highest BCUT2D eigenvalue weighted by atomic mass is 35.5. The number of benzene rings is 3. The second-order valence-corrected chi connectivity index (χ2v) is 17.3. The van der Waals surface area contributed by atoms with E-state index in [2.05, 4.69) is 52.1 Å². The Morgan fingerprint density at radius 1 is 0.873 bits per heavy atom. The zero-order valence-corrected chi connectivity index (χ0v) is 44.0. The zero-order valence-electron chi connectivity index (χ0n) is 40.8.